The van der Waals surface area contributed by atoms with Gasteiger partial charge in [-0.1, -0.05) is 24.3 Å². The normalized spacial score (nSPS) is 17.0. The third-order valence-electron chi connectivity index (χ3n) is 4.07. The second-order valence-electron chi connectivity index (χ2n) is 5.45. The van der Waals surface area contributed by atoms with Crippen molar-refractivity contribution in [3.63, 3.8) is 0 Å². The van der Waals surface area contributed by atoms with Crippen LogP contribution >= 0.6 is 0 Å². The molecule has 0 fully saturated rings. The Hall–Kier alpha value is -1.84. The van der Waals surface area contributed by atoms with Crippen molar-refractivity contribution in [3.05, 3.63) is 35.4 Å². The molecule has 1 aliphatic rings. The molecule has 1 aromatic carbocycles. The third-order valence-corrected chi connectivity index (χ3v) is 4.07. The maximum atomic E-state index is 12.8. The summed E-state index contributed by atoms with van der Waals surface area (Å²) < 4.78 is 0. The Morgan fingerprint density at radius 2 is 2.05 bits per heavy atom. The van der Waals surface area contributed by atoms with Crippen LogP contribution in [0.2, 0.25) is 0 Å². The molecule has 0 saturated carbocycles. The smallest absolute Gasteiger partial charge is 0.239 e. The van der Waals surface area contributed by atoms with Gasteiger partial charge in [-0.25, -0.2) is 0 Å². The number of likely N-dealkylation sites (N-methyl/N-ethyl adjacent to an activating group) is 2. The number of aryl methyl sites for hydroxylation is 1. The fourth-order valence-corrected chi connectivity index (χ4v) is 3.00. The predicted molar refractivity (Wildman–Crippen MR) is 83.1 cm³/mol. The largest absolute Gasteiger partial charge is 0.355 e. The average molecular weight is 288 g/mol. The Morgan fingerprint density at radius 1 is 1.29 bits per heavy atom. The molecule has 1 aliphatic carbocycles. The molecule has 0 aromatic heterocycles. The summed E-state index contributed by atoms with van der Waals surface area (Å²) in [5.74, 6) is -0.1000. The van der Waals surface area contributed by atoms with Gasteiger partial charge in [-0.15, -0.1) is 0 Å². The Labute approximate surface area is 126 Å². The van der Waals surface area contributed by atoms with Crippen LogP contribution in [0.3, 0.4) is 0 Å². The highest BCUT2D eigenvalue weighted by Gasteiger charge is 2.29. The molecule has 0 heterocycles. The molecular weight excluding hydrogens is 264 g/mol. The van der Waals surface area contributed by atoms with E-state index in [0.29, 0.717) is 13.1 Å². The molecule has 2 amide bonds. The SMILES string of the molecule is CCNC(=O)CN(CC)C(=O)C1CCCc2ccccc21. The van der Waals surface area contributed by atoms with Gasteiger partial charge in [0.2, 0.25) is 11.8 Å². The average Bonchev–Trinajstić information content (AvgIpc) is 2.51. The zero-order valence-corrected chi connectivity index (χ0v) is 12.9. The highest BCUT2D eigenvalue weighted by atomic mass is 16.2. The molecule has 114 valence electrons. The van der Waals surface area contributed by atoms with E-state index in [1.54, 1.807) is 4.90 Å². The second-order valence-corrected chi connectivity index (χ2v) is 5.45. The molecule has 0 aliphatic heterocycles. The van der Waals surface area contributed by atoms with E-state index in [9.17, 15) is 9.59 Å². The maximum Gasteiger partial charge on any atom is 0.239 e. The molecule has 1 N–H and O–H groups in total. The van der Waals surface area contributed by atoms with Crippen LogP contribution in [0.15, 0.2) is 24.3 Å². The molecule has 1 unspecified atom stereocenters. The lowest BCUT2D eigenvalue weighted by Gasteiger charge is -2.30. The highest BCUT2D eigenvalue weighted by molar-refractivity contribution is 5.89. The van der Waals surface area contributed by atoms with Crippen molar-refractivity contribution in [1.82, 2.24) is 10.2 Å². The lowest BCUT2D eigenvalue weighted by Crippen LogP contribution is -2.43. The van der Waals surface area contributed by atoms with Crippen LogP contribution in [0.5, 0.6) is 0 Å². The molecule has 0 bridgehead atoms. The van der Waals surface area contributed by atoms with Crippen LogP contribution in [-0.4, -0.2) is 36.3 Å². The van der Waals surface area contributed by atoms with Gasteiger partial charge >= 0.3 is 0 Å². The fraction of sp³-hybridized carbons (Fsp3) is 0.529. The van der Waals surface area contributed by atoms with Crippen LogP contribution in [0, 0.1) is 0 Å². The Morgan fingerprint density at radius 3 is 2.76 bits per heavy atom. The van der Waals surface area contributed by atoms with Gasteiger partial charge in [-0.05, 0) is 44.2 Å². The second kappa shape index (κ2) is 7.25. The van der Waals surface area contributed by atoms with E-state index in [1.165, 1.54) is 5.56 Å². The van der Waals surface area contributed by atoms with Crippen molar-refractivity contribution >= 4 is 11.8 Å². The van der Waals surface area contributed by atoms with E-state index in [2.05, 4.69) is 17.4 Å². The van der Waals surface area contributed by atoms with E-state index in [0.717, 1.165) is 24.8 Å². The maximum absolute atomic E-state index is 12.8. The van der Waals surface area contributed by atoms with Crippen molar-refractivity contribution in [3.8, 4) is 0 Å². The minimum absolute atomic E-state index is 0.0795. The first kappa shape index (κ1) is 15.5. The van der Waals surface area contributed by atoms with Crippen LogP contribution in [0.25, 0.3) is 0 Å². The van der Waals surface area contributed by atoms with Gasteiger partial charge in [0.15, 0.2) is 0 Å². The van der Waals surface area contributed by atoms with Gasteiger partial charge in [0.1, 0.15) is 0 Å². The Balaban J connectivity index is 2.13. The molecule has 0 spiro atoms. The summed E-state index contributed by atoms with van der Waals surface area (Å²) in [6, 6.07) is 8.17. The topological polar surface area (TPSA) is 49.4 Å². The summed E-state index contributed by atoms with van der Waals surface area (Å²) in [5.41, 5.74) is 2.42. The first-order chi connectivity index (χ1) is 10.2. The third kappa shape index (κ3) is 3.63. The standard InChI is InChI=1S/C17H24N2O2/c1-3-18-16(20)12-19(4-2)17(21)15-11-7-9-13-8-5-6-10-14(13)15/h5-6,8,10,15H,3-4,7,9,11-12H2,1-2H3,(H,18,20). The molecule has 0 saturated heterocycles. The van der Waals surface area contributed by atoms with E-state index in [1.807, 2.05) is 26.0 Å². The fourth-order valence-electron chi connectivity index (χ4n) is 3.00. The number of benzene rings is 1. The molecular formula is C17H24N2O2. The Kier molecular flexibility index (Phi) is 5.37. The zero-order chi connectivity index (χ0) is 15.2. The molecule has 2 rings (SSSR count). The molecule has 1 aromatic rings. The van der Waals surface area contributed by atoms with Gasteiger partial charge in [-0.2, -0.15) is 0 Å². The number of hydrogen-bond donors (Lipinski definition) is 1. The van der Waals surface area contributed by atoms with E-state index in [4.69, 9.17) is 0 Å². The van der Waals surface area contributed by atoms with E-state index < -0.39 is 0 Å². The quantitative estimate of drug-likeness (QED) is 0.902. The van der Waals surface area contributed by atoms with Gasteiger partial charge < -0.3 is 10.2 Å². The van der Waals surface area contributed by atoms with Gasteiger partial charge in [0, 0.05) is 13.1 Å². The minimum atomic E-state index is -0.0932. The Bertz CT molecular complexity index is 513. The summed E-state index contributed by atoms with van der Waals surface area (Å²) in [4.78, 5) is 26.2. The van der Waals surface area contributed by atoms with E-state index in [-0.39, 0.29) is 24.3 Å². The number of rotatable bonds is 5. The van der Waals surface area contributed by atoms with Crippen LogP contribution in [-0.2, 0) is 16.0 Å². The highest BCUT2D eigenvalue weighted by Crippen LogP contribution is 2.32. The lowest BCUT2D eigenvalue weighted by atomic mass is 9.82. The van der Waals surface area contributed by atoms with Gasteiger partial charge in [-0.3, -0.25) is 9.59 Å². The first-order valence-electron chi connectivity index (χ1n) is 7.80. The number of nitrogens with one attached hydrogen (secondary N) is 1. The van der Waals surface area contributed by atoms with Crippen LogP contribution in [0.4, 0.5) is 0 Å². The zero-order valence-electron chi connectivity index (χ0n) is 12.9. The summed E-state index contributed by atoms with van der Waals surface area (Å²) in [6.45, 7) is 5.12. The van der Waals surface area contributed by atoms with Crippen LogP contribution < -0.4 is 5.32 Å². The summed E-state index contributed by atoms with van der Waals surface area (Å²) in [6.07, 6.45) is 2.95. The van der Waals surface area contributed by atoms with Crippen molar-refractivity contribution in [1.29, 1.82) is 0 Å². The molecule has 1 atom stereocenters. The first-order valence-corrected chi connectivity index (χ1v) is 7.80. The number of carbonyl (C=O) groups excluding carboxylic acids is 2. The molecule has 21 heavy (non-hydrogen) atoms. The summed E-state index contributed by atoms with van der Waals surface area (Å²) in [7, 11) is 0. The summed E-state index contributed by atoms with van der Waals surface area (Å²) >= 11 is 0. The van der Waals surface area contributed by atoms with Gasteiger partial charge in [0.05, 0.1) is 12.5 Å². The van der Waals surface area contributed by atoms with Crippen molar-refractivity contribution in [2.75, 3.05) is 19.6 Å². The molecule has 0 radical (unpaired) electrons. The predicted octanol–water partition coefficient (Wildman–Crippen LogP) is 2.09. The summed E-state index contributed by atoms with van der Waals surface area (Å²) in [5, 5.41) is 2.75. The van der Waals surface area contributed by atoms with Gasteiger partial charge in [0.25, 0.3) is 0 Å². The van der Waals surface area contributed by atoms with Crippen LogP contribution in [0.1, 0.15) is 43.7 Å². The number of carbonyl (C=O) groups is 2. The van der Waals surface area contributed by atoms with Crippen molar-refractivity contribution in [2.45, 2.75) is 39.0 Å². The number of nitrogens with zero attached hydrogens (tertiary/aromatic N) is 1. The minimum Gasteiger partial charge on any atom is -0.355 e. The number of hydrogen-bond acceptors (Lipinski definition) is 2. The van der Waals surface area contributed by atoms with Crippen molar-refractivity contribution < 1.29 is 9.59 Å². The number of fused-ring (bicyclic) bond motifs is 1. The monoisotopic (exact) mass is 288 g/mol. The number of amides is 2. The van der Waals surface area contributed by atoms with E-state index >= 15 is 0 Å². The molecule has 4 heteroatoms. The van der Waals surface area contributed by atoms with Crippen molar-refractivity contribution in [2.24, 2.45) is 0 Å². The lowest BCUT2D eigenvalue weighted by molar-refractivity contribution is -0.137. The molecule has 4 nitrogen and oxygen atoms in total.